The highest BCUT2D eigenvalue weighted by Gasteiger charge is 2.58. The summed E-state index contributed by atoms with van der Waals surface area (Å²) in [6, 6.07) is 6.27. The van der Waals surface area contributed by atoms with Crippen LogP contribution in [-0.2, 0) is 30.8 Å². The van der Waals surface area contributed by atoms with Gasteiger partial charge in [-0.2, -0.15) is 0 Å². The van der Waals surface area contributed by atoms with E-state index in [0.29, 0.717) is 25.1 Å². The highest BCUT2D eigenvalue weighted by atomic mass is 32.2. The molecule has 3 fully saturated rings. The van der Waals surface area contributed by atoms with E-state index in [9.17, 15) is 22.8 Å². The maximum atomic E-state index is 13.4. The highest BCUT2D eigenvalue weighted by molar-refractivity contribution is 7.88. The zero-order valence-corrected chi connectivity index (χ0v) is 21.4. The maximum Gasteiger partial charge on any atom is 0.509 e. The minimum atomic E-state index is -3.72. The third kappa shape index (κ3) is 4.88. The Balaban J connectivity index is 1.48. The molecule has 3 heterocycles. The van der Waals surface area contributed by atoms with Crippen LogP contribution in [0.25, 0.3) is 0 Å². The molecule has 0 bridgehead atoms. The van der Waals surface area contributed by atoms with Crippen molar-refractivity contribution in [2.45, 2.75) is 58.0 Å². The standard InChI is InChI=1S/C24H33N3O7S/c1-15(2)20-21-18(27(23(20)29)35(4,31)32)11-13-26(21)22(28)17-9-7-16(8-10-17)14-25-12-5-6-19(25)34-24(30)33-3/h7-10,15,18-21H,5-6,11-14H2,1-4H3/t18-,19-,20+,21-/m0/s1. The van der Waals surface area contributed by atoms with Crippen LogP contribution < -0.4 is 0 Å². The lowest BCUT2D eigenvalue weighted by Crippen LogP contribution is -2.44. The fourth-order valence-corrected chi connectivity index (χ4v) is 6.86. The van der Waals surface area contributed by atoms with Crippen LogP contribution in [0.5, 0.6) is 0 Å². The lowest BCUT2D eigenvalue weighted by molar-refractivity contribution is -0.129. The summed E-state index contributed by atoms with van der Waals surface area (Å²) >= 11 is 0. The predicted octanol–water partition coefficient (Wildman–Crippen LogP) is 2.05. The number of benzene rings is 1. The molecule has 35 heavy (non-hydrogen) atoms. The van der Waals surface area contributed by atoms with Crippen molar-refractivity contribution in [3.63, 3.8) is 0 Å². The van der Waals surface area contributed by atoms with Gasteiger partial charge in [0.2, 0.25) is 15.9 Å². The van der Waals surface area contributed by atoms with Gasteiger partial charge in [-0.25, -0.2) is 17.5 Å². The molecule has 2 amide bonds. The molecular weight excluding hydrogens is 474 g/mol. The van der Waals surface area contributed by atoms with Crippen LogP contribution in [0, 0.1) is 11.8 Å². The van der Waals surface area contributed by atoms with Gasteiger partial charge in [-0.15, -0.1) is 0 Å². The van der Waals surface area contributed by atoms with Gasteiger partial charge < -0.3 is 14.4 Å². The van der Waals surface area contributed by atoms with Crippen LogP contribution in [0.15, 0.2) is 24.3 Å². The molecule has 4 rings (SSSR count). The number of hydrogen-bond donors (Lipinski definition) is 0. The van der Waals surface area contributed by atoms with Gasteiger partial charge in [0.15, 0.2) is 6.23 Å². The van der Waals surface area contributed by atoms with E-state index in [1.807, 2.05) is 26.0 Å². The number of methoxy groups -OCH3 is 1. The Kier molecular flexibility index (Phi) is 7.10. The number of rotatable bonds is 6. The van der Waals surface area contributed by atoms with Crippen LogP contribution in [0.2, 0.25) is 0 Å². The summed E-state index contributed by atoms with van der Waals surface area (Å²) in [4.78, 5) is 41.7. The summed E-state index contributed by atoms with van der Waals surface area (Å²) in [5, 5.41) is 0. The lowest BCUT2D eigenvalue weighted by Gasteiger charge is -2.29. The van der Waals surface area contributed by atoms with Gasteiger partial charge in [0.1, 0.15) is 0 Å². The van der Waals surface area contributed by atoms with E-state index in [1.54, 1.807) is 17.0 Å². The van der Waals surface area contributed by atoms with Crippen LogP contribution in [0.4, 0.5) is 4.79 Å². The monoisotopic (exact) mass is 507 g/mol. The molecule has 4 atom stereocenters. The Hall–Kier alpha value is -2.66. The second-order valence-corrected chi connectivity index (χ2v) is 11.7. The third-order valence-electron chi connectivity index (χ3n) is 7.22. The number of likely N-dealkylation sites (tertiary alicyclic amines) is 2. The van der Waals surface area contributed by atoms with Gasteiger partial charge in [-0.3, -0.25) is 14.5 Å². The molecule has 0 aliphatic carbocycles. The Labute approximate surface area is 206 Å². The number of amides is 2. The van der Waals surface area contributed by atoms with Crippen molar-refractivity contribution in [2.75, 3.05) is 26.5 Å². The van der Waals surface area contributed by atoms with E-state index in [1.165, 1.54) is 7.11 Å². The normalized spacial score (nSPS) is 26.9. The fraction of sp³-hybridized carbons (Fsp3) is 0.625. The molecule has 1 aromatic rings. The molecule has 1 aromatic carbocycles. The summed E-state index contributed by atoms with van der Waals surface area (Å²) in [5.41, 5.74) is 1.46. The first-order valence-electron chi connectivity index (χ1n) is 11.9. The number of ether oxygens (including phenoxy) is 2. The quantitative estimate of drug-likeness (QED) is 0.538. The summed E-state index contributed by atoms with van der Waals surface area (Å²) in [7, 11) is -2.43. The van der Waals surface area contributed by atoms with Crippen LogP contribution in [0.3, 0.4) is 0 Å². The van der Waals surface area contributed by atoms with Crippen LogP contribution in [-0.4, -0.2) is 85.3 Å². The third-order valence-corrected chi connectivity index (χ3v) is 8.38. The molecule has 192 valence electrons. The zero-order chi connectivity index (χ0) is 25.5. The number of carbonyl (C=O) groups is 3. The summed E-state index contributed by atoms with van der Waals surface area (Å²) in [6.07, 6.45) is 2.10. The first-order chi connectivity index (χ1) is 16.5. The number of carbonyl (C=O) groups excluding carboxylic acids is 3. The Morgan fingerprint density at radius 3 is 2.40 bits per heavy atom. The van der Waals surface area contributed by atoms with Crippen molar-refractivity contribution >= 4 is 28.0 Å². The van der Waals surface area contributed by atoms with E-state index in [0.717, 1.165) is 35.5 Å². The summed E-state index contributed by atoms with van der Waals surface area (Å²) in [6.45, 7) is 5.53. The SMILES string of the molecule is COC(=O)O[C@H]1CCCN1Cc1ccc(C(=O)N2CC[C@H]3[C@H]2[C@@H](C(C)C)C(=O)N3S(C)(=O)=O)cc1. The Morgan fingerprint density at radius 1 is 1.11 bits per heavy atom. The molecule has 0 aromatic heterocycles. The van der Waals surface area contributed by atoms with E-state index in [4.69, 9.17) is 4.74 Å². The van der Waals surface area contributed by atoms with Crippen molar-refractivity contribution in [1.29, 1.82) is 0 Å². The van der Waals surface area contributed by atoms with Crippen LogP contribution >= 0.6 is 0 Å². The molecule has 11 heteroatoms. The first kappa shape index (κ1) is 25.4. The molecule has 3 aliphatic heterocycles. The molecule has 3 saturated heterocycles. The van der Waals surface area contributed by atoms with Gasteiger partial charge in [0, 0.05) is 25.2 Å². The predicted molar refractivity (Wildman–Crippen MR) is 127 cm³/mol. The molecule has 0 unspecified atom stereocenters. The number of hydrogen-bond acceptors (Lipinski definition) is 8. The summed E-state index contributed by atoms with van der Waals surface area (Å²) in [5.74, 6) is -1.27. The number of sulfonamides is 1. The molecular formula is C24H33N3O7S. The molecule has 10 nitrogen and oxygen atoms in total. The van der Waals surface area contributed by atoms with Crippen molar-refractivity contribution in [3.8, 4) is 0 Å². The minimum Gasteiger partial charge on any atom is -0.438 e. The number of nitrogens with zero attached hydrogens (tertiary/aromatic N) is 3. The van der Waals surface area contributed by atoms with E-state index in [-0.39, 0.29) is 18.1 Å². The van der Waals surface area contributed by atoms with Gasteiger partial charge in [0.25, 0.3) is 5.91 Å². The Morgan fingerprint density at radius 2 is 1.80 bits per heavy atom. The van der Waals surface area contributed by atoms with Crippen LogP contribution in [0.1, 0.15) is 49.0 Å². The molecule has 0 radical (unpaired) electrons. The smallest absolute Gasteiger partial charge is 0.438 e. The van der Waals surface area contributed by atoms with Crippen molar-refractivity contribution in [3.05, 3.63) is 35.4 Å². The fourth-order valence-electron chi connectivity index (χ4n) is 5.69. The van der Waals surface area contributed by atoms with Crippen molar-refractivity contribution in [2.24, 2.45) is 11.8 Å². The van der Waals surface area contributed by atoms with Gasteiger partial charge in [-0.05, 0) is 42.9 Å². The minimum absolute atomic E-state index is 0.0989. The average Bonchev–Trinajstić information content (AvgIpc) is 3.47. The second kappa shape index (κ2) is 9.77. The molecule has 0 N–H and O–H groups in total. The van der Waals surface area contributed by atoms with E-state index >= 15 is 0 Å². The Bertz CT molecular complexity index is 1090. The van der Waals surface area contributed by atoms with Crippen molar-refractivity contribution < 1.29 is 32.3 Å². The lowest BCUT2D eigenvalue weighted by atomic mass is 9.88. The molecule has 3 aliphatic rings. The molecule has 0 spiro atoms. The summed E-state index contributed by atoms with van der Waals surface area (Å²) < 4.78 is 35.6. The number of fused-ring (bicyclic) bond motifs is 1. The topological polar surface area (TPSA) is 114 Å². The van der Waals surface area contributed by atoms with Gasteiger partial charge in [0.05, 0.1) is 31.4 Å². The van der Waals surface area contributed by atoms with E-state index in [2.05, 4.69) is 9.64 Å². The first-order valence-corrected chi connectivity index (χ1v) is 13.8. The zero-order valence-electron chi connectivity index (χ0n) is 20.5. The van der Waals surface area contributed by atoms with E-state index < -0.39 is 40.1 Å². The largest absolute Gasteiger partial charge is 0.509 e. The highest BCUT2D eigenvalue weighted by Crippen LogP contribution is 2.41. The maximum absolute atomic E-state index is 13.4. The second-order valence-electron chi connectivity index (χ2n) is 9.85. The van der Waals surface area contributed by atoms with Gasteiger partial charge in [-0.1, -0.05) is 26.0 Å². The van der Waals surface area contributed by atoms with Gasteiger partial charge >= 0.3 is 6.16 Å². The molecule has 0 saturated carbocycles. The van der Waals surface area contributed by atoms with Crippen molar-refractivity contribution in [1.82, 2.24) is 14.1 Å². The average molecular weight is 508 g/mol.